The first-order valence-electron chi connectivity index (χ1n) is 8.35. The van der Waals surface area contributed by atoms with Crippen molar-refractivity contribution in [2.24, 2.45) is 0 Å². The summed E-state index contributed by atoms with van der Waals surface area (Å²) in [5, 5.41) is 3.09. The van der Waals surface area contributed by atoms with E-state index in [-0.39, 0.29) is 30.2 Å². The van der Waals surface area contributed by atoms with Crippen molar-refractivity contribution in [1.82, 2.24) is 10.2 Å². The van der Waals surface area contributed by atoms with Crippen LogP contribution in [0.2, 0.25) is 0 Å². The summed E-state index contributed by atoms with van der Waals surface area (Å²) in [7, 11) is 1.64. The van der Waals surface area contributed by atoms with E-state index in [1.807, 2.05) is 36.9 Å². The molecule has 144 valence electrons. The van der Waals surface area contributed by atoms with Gasteiger partial charge >= 0.3 is 0 Å². The maximum Gasteiger partial charge on any atom is 0.237 e. The minimum atomic E-state index is -0.242. The Morgan fingerprint density at radius 2 is 2.08 bits per heavy atom. The van der Waals surface area contributed by atoms with E-state index in [2.05, 4.69) is 5.32 Å². The molecule has 0 aliphatic heterocycles. The van der Waals surface area contributed by atoms with Crippen LogP contribution < -0.4 is 5.32 Å². The summed E-state index contributed by atoms with van der Waals surface area (Å²) < 4.78 is 18.4. The van der Waals surface area contributed by atoms with Crippen molar-refractivity contribution in [3.63, 3.8) is 0 Å². The third kappa shape index (κ3) is 6.68. The maximum atomic E-state index is 13.4. The molecule has 0 spiro atoms. The monoisotopic (exact) mass is 400 g/mol. The number of nitrogens with zero attached hydrogens (tertiary/aromatic N) is 1. The van der Waals surface area contributed by atoms with E-state index in [1.54, 1.807) is 24.5 Å². The van der Waals surface area contributed by atoms with Crippen LogP contribution >= 0.6 is 23.7 Å². The molecule has 1 aromatic carbocycles. The number of nitrogens with one attached hydrogen (secondary N) is 1. The van der Waals surface area contributed by atoms with Gasteiger partial charge in [-0.25, -0.2) is 4.39 Å². The van der Waals surface area contributed by atoms with E-state index in [0.717, 1.165) is 15.3 Å². The van der Waals surface area contributed by atoms with Crippen molar-refractivity contribution >= 4 is 29.7 Å². The summed E-state index contributed by atoms with van der Waals surface area (Å²) in [5.74, 6) is -0.180. The van der Waals surface area contributed by atoms with Gasteiger partial charge in [0.2, 0.25) is 5.91 Å². The predicted octanol–water partition coefficient (Wildman–Crippen LogP) is 3.95. The average molecular weight is 401 g/mol. The van der Waals surface area contributed by atoms with Gasteiger partial charge in [0.1, 0.15) is 5.82 Å². The summed E-state index contributed by atoms with van der Waals surface area (Å²) in [6, 6.07) is 10.7. The second-order valence-corrected chi connectivity index (χ2v) is 7.23. The minimum Gasteiger partial charge on any atom is -0.383 e. The number of hydrogen-bond donors (Lipinski definition) is 1. The Morgan fingerprint density at radius 3 is 2.73 bits per heavy atom. The van der Waals surface area contributed by atoms with Crippen LogP contribution in [0.5, 0.6) is 0 Å². The maximum absolute atomic E-state index is 13.4. The molecule has 0 aliphatic rings. The lowest BCUT2D eigenvalue weighted by Crippen LogP contribution is -2.42. The molecule has 0 aliphatic carbocycles. The number of carbonyl (C=O) groups is 1. The van der Waals surface area contributed by atoms with E-state index >= 15 is 0 Å². The molecule has 26 heavy (non-hydrogen) atoms. The Labute approximate surface area is 164 Å². The smallest absolute Gasteiger partial charge is 0.237 e. The highest BCUT2D eigenvalue weighted by Crippen LogP contribution is 2.29. The van der Waals surface area contributed by atoms with Crippen LogP contribution in [0.3, 0.4) is 0 Å². The van der Waals surface area contributed by atoms with Gasteiger partial charge in [-0.3, -0.25) is 4.79 Å². The van der Waals surface area contributed by atoms with Gasteiger partial charge in [-0.1, -0.05) is 12.1 Å². The zero-order valence-corrected chi connectivity index (χ0v) is 17.0. The molecule has 0 radical (unpaired) electrons. The molecule has 0 saturated carbocycles. The van der Waals surface area contributed by atoms with Gasteiger partial charge in [0.25, 0.3) is 0 Å². The van der Waals surface area contributed by atoms with Gasteiger partial charge in [-0.2, -0.15) is 0 Å². The van der Waals surface area contributed by atoms with Gasteiger partial charge < -0.3 is 15.0 Å². The zero-order valence-electron chi connectivity index (χ0n) is 15.3. The molecule has 0 bridgehead atoms. The quantitative estimate of drug-likeness (QED) is 0.648. The van der Waals surface area contributed by atoms with Crippen LogP contribution in [0.15, 0.2) is 36.4 Å². The molecule has 0 saturated heterocycles. The number of hydrogen-bond acceptors (Lipinski definition) is 4. The van der Waals surface area contributed by atoms with Gasteiger partial charge in [-0.15, -0.1) is 23.7 Å². The van der Waals surface area contributed by atoms with Crippen LogP contribution in [0.1, 0.15) is 18.7 Å². The van der Waals surface area contributed by atoms with E-state index in [9.17, 15) is 9.18 Å². The first-order chi connectivity index (χ1) is 12.0. The third-order valence-corrected chi connectivity index (χ3v) is 4.92. The zero-order chi connectivity index (χ0) is 18.2. The summed E-state index contributed by atoms with van der Waals surface area (Å²) in [6.45, 7) is 6.10. The van der Waals surface area contributed by atoms with E-state index < -0.39 is 0 Å². The Balaban J connectivity index is 0.00000338. The molecule has 1 heterocycles. The van der Waals surface area contributed by atoms with Crippen molar-refractivity contribution in [2.45, 2.75) is 26.4 Å². The van der Waals surface area contributed by atoms with Crippen LogP contribution in [0, 0.1) is 5.82 Å². The lowest BCUT2D eigenvalue weighted by atomic mass is 10.2. The van der Waals surface area contributed by atoms with Gasteiger partial charge in [0.15, 0.2) is 0 Å². The number of thiophene rings is 1. The summed E-state index contributed by atoms with van der Waals surface area (Å²) >= 11 is 1.59. The highest BCUT2D eigenvalue weighted by Gasteiger charge is 2.18. The third-order valence-electron chi connectivity index (χ3n) is 3.80. The number of methoxy groups -OCH3 is 1. The highest BCUT2D eigenvalue weighted by atomic mass is 35.5. The summed E-state index contributed by atoms with van der Waals surface area (Å²) in [6.07, 6.45) is 0. The summed E-state index contributed by atoms with van der Waals surface area (Å²) in [4.78, 5) is 16.4. The highest BCUT2D eigenvalue weighted by molar-refractivity contribution is 7.15. The fourth-order valence-corrected chi connectivity index (χ4v) is 3.46. The normalized spacial score (nSPS) is 10.7. The standard InChI is InChI=1S/C19H25FN2O2S.ClH/c1-14(2)22(19(23)12-21-9-10-24-3)13-17-7-8-18(25-17)15-5-4-6-16(20)11-15;/h4-8,11,14,21H,9-10,12-13H2,1-3H3;1H. The molecular formula is C19H26ClFN2O2S. The molecule has 0 fully saturated rings. The Morgan fingerprint density at radius 1 is 1.31 bits per heavy atom. The SMILES string of the molecule is COCCNCC(=O)N(Cc1ccc(-c2cccc(F)c2)s1)C(C)C.Cl. The molecule has 2 rings (SSSR count). The molecule has 2 aromatic rings. The van der Waals surface area contributed by atoms with Crippen LogP contribution in [-0.2, 0) is 16.1 Å². The molecule has 1 aromatic heterocycles. The fraction of sp³-hybridized carbons (Fsp3) is 0.421. The number of carbonyl (C=O) groups excluding carboxylic acids is 1. The topological polar surface area (TPSA) is 41.6 Å². The van der Waals surface area contributed by atoms with Crippen molar-refractivity contribution in [3.05, 3.63) is 47.1 Å². The predicted molar refractivity (Wildman–Crippen MR) is 107 cm³/mol. The average Bonchev–Trinajstić information content (AvgIpc) is 3.05. The lowest BCUT2D eigenvalue weighted by molar-refractivity contribution is -0.132. The molecule has 1 amide bonds. The van der Waals surface area contributed by atoms with Crippen molar-refractivity contribution in [3.8, 4) is 10.4 Å². The molecule has 7 heteroatoms. The largest absolute Gasteiger partial charge is 0.383 e. The van der Waals surface area contributed by atoms with E-state index in [0.29, 0.717) is 26.2 Å². The van der Waals surface area contributed by atoms with Crippen molar-refractivity contribution < 1.29 is 13.9 Å². The van der Waals surface area contributed by atoms with Gasteiger partial charge in [0.05, 0.1) is 19.7 Å². The number of amides is 1. The summed E-state index contributed by atoms with van der Waals surface area (Å²) in [5.41, 5.74) is 0.861. The molecule has 1 N–H and O–H groups in total. The molecular weight excluding hydrogens is 375 g/mol. The number of ether oxygens (including phenoxy) is 1. The minimum absolute atomic E-state index is 0. The Bertz CT molecular complexity index is 694. The number of rotatable bonds is 9. The Kier molecular flexibility index (Phi) is 9.80. The number of halogens is 2. The second-order valence-electron chi connectivity index (χ2n) is 6.06. The second kappa shape index (κ2) is 11.3. The van der Waals surface area contributed by atoms with E-state index in [1.165, 1.54) is 12.1 Å². The molecule has 0 atom stereocenters. The molecule has 0 unspecified atom stereocenters. The van der Waals surface area contributed by atoms with Crippen molar-refractivity contribution in [1.29, 1.82) is 0 Å². The van der Waals surface area contributed by atoms with E-state index in [4.69, 9.17) is 4.74 Å². The first-order valence-corrected chi connectivity index (χ1v) is 9.16. The lowest BCUT2D eigenvalue weighted by Gasteiger charge is -2.26. The van der Waals surface area contributed by atoms with Crippen LogP contribution in [-0.4, -0.2) is 43.7 Å². The van der Waals surface area contributed by atoms with Gasteiger partial charge in [0, 0.05) is 29.5 Å². The number of benzene rings is 1. The van der Waals surface area contributed by atoms with Gasteiger partial charge in [-0.05, 0) is 43.7 Å². The Hall–Kier alpha value is -1.47. The first kappa shape index (κ1) is 22.6. The molecule has 4 nitrogen and oxygen atoms in total. The fourth-order valence-electron chi connectivity index (χ4n) is 2.46. The van der Waals surface area contributed by atoms with Crippen molar-refractivity contribution in [2.75, 3.05) is 26.8 Å². The van der Waals surface area contributed by atoms with Crippen LogP contribution in [0.4, 0.5) is 4.39 Å². The van der Waals surface area contributed by atoms with Crippen LogP contribution in [0.25, 0.3) is 10.4 Å².